The molecule has 5 nitrogen and oxygen atoms in total. The molecule has 0 spiro atoms. The smallest absolute Gasteiger partial charge is 0.323 e. The van der Waals surface area contributed by atoms with Gasteiger partial charge in [-0.2, -0.15) is 0 Å². The lowest BCUT2D eigenvalue weighted by Gasteiger charge is -2.07. The van der Waals surface area contributed by atoms with Crippen LogP contribution in [0.1, 0.15) is 4.88 Å². The lowest BCUT2D eigenvalue weighted by molar-refractivity contribution is 1.17. The average Bonchev–Trinajstić information content (AvgIpc) is 3.20. The minimum atomic E-state index is -0.193. The van der Waals surface area contributed by atoms with Crippen molar-refractivity contribution in [1.82, 2.24) is 15.0 Å². The summed E-state index contributed by atoms with van der Waals surface area (Å²) >= 11 is 1.73. The molecule has 0 aliphatic carbocycles. The highest BCUT2D eigenvalue weighted by Gasteiger charge is 2.04. The van der Waals surface area contributed by atoms with E-state index in [1.807, 2.05) is 36.7 Å². The lowest BCUT2D eigenvalue weighted by atomic mass is 10.1. The van der Waals surface area contributed by atoms with Crippen LogP contribution in [0.15, 0.2) is 59.0 Å². The average molecular weight is 322 g/mol. The molecule has 4 aromatic rings. The number of thiophene rings is 1. The Morgan fingerprint density at radius 2 is 1.96 bits per heavy atom. The Morgan fingerprint density at radius 1 is 1.04 bits per heavy atom. The zero-order chi connectivity index (χ0) is 15.6. The normalized spacial score (nSPS) is 11.0. The van der Waals surface area contributed by atoms with Gasteiger partial charge in [-0.15, -0.1) is 11.3 Å². The molecule has 3 heterocycles. The van der Waals surface area contributed by atoms with Crippen molar-refractivity contribution in [2.75, 3.05) is 5.32 Å². The van der Waals surface area contributed by atoms with Gasteiger partial charge in [0, 0.05) is 29.4 Å². The van der Waals surface area contributed by atoms with Gasteiger partial charge in [-0.3, -0.25) is 4.98 Å². The van der Waals surface area contributed by atoms with E-state index in [4.69, 9.17) is 0 Å². The molecule has 0 bridgehead atoms. The van der Waals surface area contributed by atoms with Gasteiger partial charge >= 0.3 is 5.69 Å². The standard InChI is InChI=1S/C17H14N4OS/c22-17-20-15-4-3-11(7-16(15)21-17)12-6-13(9-18-8-12)19-10-14-2-1-5-23-14/h1-9,19H,10H2,(H2,20,21,22). The minimum Gasteiger partial charge on any atom is -0.379 e. The van der Waals surface area contributed by atoms with Crippen LogP contribution in [0.5, 0.6) is 0 Å². The first-order valence-electron chi connectivity index (χ1n) is 7.22. The number of nitrogens with zero attached hydrogens (tertiary/aromatic N) is 1. The van der Waals surface area contributed by atoms with Crippen molar-refractivity contribution in [1.29, 1.82) is 0 Å². The fraction of sp³-hybridized carbons (Fsp3) is 0.0588. The third-order valence-corrected chi connectivity index (χ3v) is 4.51. The first-order valence-corrected chi connectivity index (χ1v) is 8.10. The van der Waals surface area contributed by atoms with Crippen molar-refractivity contribution < 1.29 is 0 Å². The zero-order valence-corrected chi connectivity index (χ0v) is 13.0. The quantitative estimate of drug-likeness (QED) is 0.537. The van der Waals surface area contributed by atoms with Crippen LogP contribution in [-0.4, -0.2) is 15.0 Å². The molecule has 4 rings (SSSR count). The van der Waals surface area contributed by atoms with Gasteiger partial charge in [0.2, 0.25) is 0 Å². The first-order chi connectivity index (χ1) is 11.3. The molecule has 0 saturated carbocycles. The van der Waals surface area contributed by atoms with Crippen molar-refractivity contribution >= 4 is 28.1 Å². The maximum Gasteiger partial charge on any atom is 0.323 e. The predicted molar refractivity (Wildman–Crippen MR) is 93.8 cm³/mol. The fourth-order valence-electron chi connectivity index (χ4n) is 2.51. The second kappa shape index (κ2) is 5.73. The number of aromatic nitrogens is 3. The molecule has 114 valence electrons. The van der Waals surface area contributed by atoms with E-state index in [1.54, 1.807) is 11.3 Å². The Balaban J connectivity index is 1.62. The molecule has 1 aromatic carbocycles. The molecule has 3 aromatic heterocycles. The number of hydrogen-bond donors (Lipinski definition) is 3. The van der Waals surface area contributed by atoms with E-state index in [9.17, 15) is 4.79 Å². The van der Waals surface area contributed by atoms with Crippen molar-refractivity contribution in [2.24, 2.45) is 0 Å². The largest absolute Gasteiger partial charge is 0.379 e. The van der Waals surface area contributed by atoms with Gasteiger partial charge in [-0.05, 0) is 35.2 Å². The molecule has 0 aliphatic rings. The number of benzene rings is 1. The van der Waals surface area contributed by atoms with E-state index in [1.165, 1.54) is 4.88 Å². The minimum absolute atomic E-state index is 0.193. The third-order valence-electron chi connectivity index (χ3n) is 3.63. The Labute approximate surface area is 136 Å². The summed E-state index contributed by atoms with van der Waals surface area (Å²) in [5, 5.41) is 5.45. The van der Waals surface area contributed by atoms with E-state index in [0.29, 0.717) is 0 Å². The zero-order valence-electron chi connectivity index (χ0n) is 12.2. The first kappa shape index (κ1) is 13.8. The molecule has 0 fully saturated rings. The monoisotopic (exact) mass is 322 g/mol. The summed E-state index contributed by atoms with van der Waals surface area (Å²) in [7, 11) is 0. The molecule has 0 aliphatic heterocycles. The van der Waals surface area contributed by atoms with E-state index in [-0.39, 0.29) is 5.69 Å². The van der Waals surface area contributed by atoms with Gasteiger partial charge in [0.1, 0.15) is 0 Å². The Bertz CT molecular complexity index is 1000. The summed E-state index contributed by atoms with van der Waals surface area (Å²) in [5.41, 5.74) is 4.40. The summed E-state index contributed by atoms with van der Waals surface area (Å²) in [5.74, 6) is 0. The molecule has 0 radical (unpaired) electrons. The van der Waals surface area contributed by atoms with Crippen LogP contribution < -0.4 is 11.0 Å². The molecule has 0 unspecified atom stereocenters. The number of anilines is 1. The molecule has 3 N–H and O–H groups in total. The molecule has 0 saturated heterocycles. The van der Waals surface area contributed by atoms with Crippen LogP contribution in [0.2, 0.25) is 0 Å². The van der Waals surface area contributed by atoms with Crippen molar-refractivity contribution in [3.8, 4) is 11.1 Å². The second-order valence-corrected chi connectivity index (χ2v) is 6.27. The molecule has 0 atom stereocenters. The van der Waals surface area contributed by atoms with Crippen LogP contribution >= 0.6 is 11.3 Å². The number of fused-ring (bicyclic) bond motifs is 1. The van der Waals surface area contributed by atoms with Crippen LogP contribution in [-0.2, 0) is 6.54 Å². The molecular weight excluding hydrogens is 308 g/mol. The summed E-state index contributed by atoms with van der Waals surface area (Å²) in [6.45, 7) is 0.785. The summed E-state index contributed by atoms with van der Waals surface area (Å²) in [6, 6.07) is 12.0. The summed E-state index contributed by atoms with van der Waals surface area (Å²) in [6.07, 6.45) is 3.63. The van der Waals surface area contributed by atoms with Gasteiger partial charge in [0.05, 0.1) is 16.7 Å². The van der Waals surface area contributed by atoms with Gasteiger partial charge in [0.15, 0.2) is 0 Å². The Morgan fingerprint density at radius 3 is 2.83 bits per heavy atom. The predicted octanol–water partition coefficient (Wildman–Crippen LogP) is 3.59. The van der Waals surface area contributed by atoms with Crippen LogP contribution in [0, 0.1) is 0 Å². The van der Waals surface area contributed by atoms with Crippen LogP contribution in [0.3, 0.4) is 0 Å². The maximum absolute atomic E-state index is 11.4. The molecule has 0 amide bonds. The number of pyridine rings is 1. The van der Waals surface area contributed by atoms with Crippen molar-refractivity contribution in [3.05, 3.63) is 69.5 Å². The van der Waals surface area contributed by atoms with Gasteiger partial charge in [-0.25, -0.2) is 4.79 Å². The molecular formula is C17H14N4OS. The van der Waals surface area contributed by atoms with E-state index in [0.717, 1.165) is 34.4 Å². The highest BCUT2D eigenvalue weighted by atomic mass is 32.1. The number of imidazole rings is 1. The van der Waals surface area contributed by atoms with E-state index < -0.39 is 0 Å². The van der Waals surface area contributed by atoms with Gasteiger partial charge < -0.3 is 15.3 Å². The second-order valence-electron chi connectivity index (χ2n) is 5.23. The van der Waals surface area contributed by atoms with Gasteiger partial charge in [-0.1, -0.05) is 12.1 Å². The highest BCUT2D eigenvalue weighted by Crippen LogP contribution is 2.24. The van der Waals surface area contributed by atoms with Crippen molar-refractivity contribution in [2.45, 2.75) is 6.54 Å². The van der Waals surface area contributed by atoms with Crippen molar-refractivity contribution in [3.63, 3.8) is 0 Å². The Hall–Kier alpha value is -2.86. The molecule has 6 heteroatoms. The number of aromatic amines is 2. The third kappa shape index (κ3) is 2.89. The number of hydrogen-bond acceptors (Lipinski definition) is 4. The topological polar surface area (TPSA) is 73.6 Å². The van der Waals surface area contributed by atoms with Crippen LogP contribution in [0.25, 0.3) is 22.2 Å². The summed E-state index contributed by atoms with van der Waals surface area (Å²) in [4.78, 5) is 22.5. The Kier molecular flexibility index (Phi) is 3.44. The summed E-state index contributed by atoms with van der Waals surface area (Å²) < 4.78 is 0. The lowest BCUT2D eigenvalue weighted by Crippen LogP contribution is -1.99. The number of rotatable bonds is 4. The number of H-pyrrole nitrogens is 2. The maximum atomic E-state index is 11.4. The van der Waals surface area contributed by atoms with E-state index >= 15 is 0 Å². The fourth-order valence-corrected chi connectivity index (χ4v) is 3.15. The number of nitrogens with one attached hydrogen (secondary N) is 3. The molecule has 23 heavy (non-hydrogen) atoms. The van der Waals surface area contributed by atoms with Gasteiger partial charge in [0.25, 0.3) is 0 Å². The van der Waals surface area contributed by atoms with Crippen LogP contribution in [0.4, 0.5) is 5.69 Å². The van der Waals surface area contributed by atoms with E-state index in [2.05, 4.69) is 37.8 Å². The SMILES string of the molecule is O=c1[nH]c2ccc(-c3cncc(NCc4cccs4)c3)cc2[nH]1. The highest BCUT2D eigenvalue weighted by molar-refractivity contribution is 7.09.